The van der Waals surface area contributed by atoms with Crippen molar-refractivity contribution in [3.8, 4) is 11.3 Å². The maximum absolute atomic E-state index is 13.8. The summed E-state index contributed by atoms with van der Waals surface area (Å²) in [4.78, 5) is 23.3. The van der Waals surface area contributed by atoms with Crippen molar-refractivity contribution in [1.29, 1.82) is 0 Å². The highest BCUT2D eigenvalue weighted by Crippen LogP contribution is 2.26. The topological polar surface area (TPSA) is 42.4 Å². The molecule has 0 fully saturated rings. The van der Waals surface area contributed by atoms with Gasteiger partial charge in [-0.1, -0.05) is 60.7 Å². The lowest BCUT2D eigenvalue weighted by atomic mass is 10.0. The van der Waals surface area contributed by atoms with Crippen LogP contribution in [0.5, 0.6) is 0 Å². The zero-order valence-electron chi connectivity index (χ0n) is 15.9. The van der Waals surface area contributed by atoms with Crippen molar-refractivity contribution in [1.82, 2.24) is 10.0 Å². The molecule has 4 aromatic rings. The van der Waals surface area contributed by atoms with Gasteiger partial charge in [0.2, 0.25) is 0 Å². The first-order valence-corrected chi connectivity index (χ1v) is 9.22. The summed E-state index contributed by atoms with van der Waals surface area (Å²) in [6.07, 6.45) is 0. The molecule has 1 amide bonds. The maximum atomic E-state index is 13.8. The summed E-state index contributed by atoms with van der Waals surface area (Å²) in [7, 11) is 1.57. The highest BCUT2D eigenvalue weighted by atomic mass is 19.1. The van der Waals surface area contributed by atoms with Crippen LogP contribution in [0.3, 0.4) is 0 Å². The van der Waals surface area contributed by atoms with Gasteiger partial charge in [0, 0.05) is 24.1 Å². The standard InChI is InChI=1S/C24H19FN2O2/c1-27(29-16-17-8-4-2-5-9-17)24(28)21-15-22(18-10-6-3-7-11-18)26-23-14-19(25)12-13-20(21)23/h2-15H,16H2,1H3. The molecule has 144 valence electrons. The monoisotopic (exact) mass is 386 g/mol. The van der Waals surface area contributed by atoms with E-state index in [0.29, 0.717) is 22.2 Å². The highest BCUT2D eigenvalue weighted by Gasteiger charge is 2.19. The minimum Gasteiger partial charge on any atom is -0.267 e. The maximum Gasteiger partial charge on any atom is 0.277 e. The van der Waals surface area contributed by atoms with E-state index in [1.807, 2.05) is 60.7 Å². The Bertz CT molecular complexity index is 1150. The summed E-state index contributed by atoms with van der Waals surface area (Å²) in [6, 6.07) is 25.1. The number of carbonyl (C=O) groups is 1. The van der Waals surface area contributed by atoms with E-state index in [1.165, 1.54) is 17.2 Å². The quantitative estimate of drug-likeness (QED) is 0.440. The molecule has 0 spiro atoms. The highest BCUT2D eigenvalue weighted by molar-refractivity contribution is 6.06. The van der Waals surface area contributed by atoms with Crippen LogP contribution < -0.4 is 0 Å². The molecule has 5 heteroatoms. The van der Waals surface area contributed by atoms with Crippen molar-refractivity contribution in [3.63, 3.8) is 0 Å². The summed E-state index contributed by atoms with van der Waals surface area (Å²) in [5.41, 5.74) is 3.23. The molecule has 1 heterocycles. The number of amides is 1. The molecule has 0 bridgehead atoms. The van der Waals surface area contributed by atoms with E-state index < -0.39 is 5.82 Å². The predicted octanol–water partition coefficient (Wildman–Crippen LogP) is 5.24. The van der Waals surface area contributed by atoms with Gasteiger partial charge in [0.05, 0.1) is 16.8 Å². The van der Waals surface area contributed by atoms with E-state index in [4.69, 9.17) is 4.84 Å². The largest absolute Gasteiger partial charge is 0.277 e. The summed E-state index contributed by atoms with van der Waals surface area (Å²) in [5, 5.41) is 1.78. The number of carbonyl (C=O) groups excluding carboxylic acids is 1. The molecule has 0 saturated carbocycles. The zero-order valence-corrected chi connectivity index (χ0v) is 15.9. The molecule has 29 heavy (non-hydrogen) atoms. The Labute approximate surface area is 168 Å². The molecule has 4 rings (SSSR count). The Morgan fingerprint density at radius 3 is 2.38 bits per heavy atom. The van der Waals surface area contributed by atoms with Gasteiger partial charge < -0.3 is 0 Å². The zero-order chi connectivity index (χ0) is 20.2. The van der Waals surface area contributed by atoms with Gasteiger partial charge >= 0.3 is 0 Å². The van der Waals surface area contributed by atoms with Gasteiger partial charge in [0.25, 0.3) is 5.91 Å². The summed E-state index contributed by atoms with van der Waals surface area (Å²) in [5.74, 6) is -0.723. The van der Waals surface area contributed by atoms with Crippen LogP contribution in [0.4, 0.5) is 4.39 Å². The number of hydrogen-bond donors (Lipinski definition) is 0. The molecule has 4 nitrogen and oxygen atoms in total. The average Bonchev–Trinajstić information content (AvgIpc) is 2.77. The number of benzene rings is 3. The molecule has 0 radical (unpaired) electrons. The van der Waals surface area contributed by atoms with Gasteiger partial charge in [-0.25, -0.2) is 14.4 Å². The molecule has 3 aromatic carbocycles. The SMILES string of the molecule is CN(OCc1ccccc1)C(=O)c1cc(-c2ccccc2)nc2cc(F)ccc12. The van der Waals surface area contributed by atoms with Gasteiger partial charge in [-0.05, 0) is 23.8 Å². The van der Waals surface area contributed by atoms with Crippen molar-refractivity contribution < 1.29 is 14.0 Å². The lowest BCUT2D eigenvalue weighted by Gasteiger charge is -2.18. The minimum absolute atomic E-state index is 0.270. The Morgan fingerprint density at radius 2 is 1.66 bits per heavy atom. The third-order valence-corrected chi connectivity index (χ3v) is 4.63. The molecular weight excluding hydrogens is 367 g/mol. The second-order valence-electron chi connectivity index (χ2n) is 6.64. The third-order valence-electron chi connectivity index (χ3n) is 4.63. The number of nitrogens with zero attached hydrogens (tertiary/aromatic N) is 2. The smallest absolute Gasteiger partial charge is 0.267 e. The van der Waals surface area contributed by atoms with Gasteiger partial charge in [-0.15, -0.1) is 0 Å². The van der Waals surface area contributed by atoms with Crippen LogP contribution in [0.2, 0.25) is 0 Å². The second kappa shape index (κ2) is 8.20. The van der Waals surface area contributed by atoms with Crippen molar-refractivity contribution in [2.45, 2.75) is 6.61 Å². The van der Waals surface area contributed by atoms with Gasteiger partial charge in [0.1, 0.15) is 12.4 Å². The molecule has 0 aliphatic rings. The molecule has 0 saturated heterocycles. The van der Waals surface area contributed by atoms with Crippen molar-refractivity contribution >= 4 is 16.8 Å². The molecule has 1 aromatic heterocycles. The number of pyridine rings is 1. The average molecular weight is 386 g/mol. The lowest BCUT2D eigenvalue weighted by molar-refractivity contribution is -0.116. The van der Waals surface area contributed by atoms with E-state index in [-0.39, 0.29) is 12.5 Å². The number of hydrogen-bond acceptors (Lipinski definition) is 3. The summed E-state index contributed by atoms with van der Waals surface area (Å²) in [6.45, 7) is 0.270. The Morgan fingerprint density at radius 1 is 0.966 bits per heavy atom. The summed E-state index contributed by atoms with van der Waals surface area (Å²) >= 11 is 0. The molecule has 0 N–H and O–H groups in total. The van der Waals surface area contributed by atoms with E-state index in [0.717, 1.165) is 11.1 Å². The Kier molecular flexibility index (Phi) is 5.31. The van der Waals surface area contributed by atoms with Crippen LogP contribution in [0.15, 0.2) is 84.9 Å². The van der Waals surface area contributed by atoms with Crippen LogP contribution in [-0.4, -0.2) is 23.0 Å². The summed E-state index contributed by atoms with van der Waals surface area (Å²) < 4.78 is 13.8. The van der Waals surface area contributed by atoms with Gasteiger partial charge in [-0.3, -0.25) is 9.63 Å². The van der Waals surface area contributed by atoms with Gasteiger partial charge in [0.15, 0.2) is 0 Å². The van der Waals surface area contributed by atoms with Crippen molar-refractivity contribution in [2.75, 3.05) is 7.05 Å². The minimum atomic E-state index is -0.401. The number of aromatic nitrogens is 1. The number of rotatable bonds is 5. The molecule has 0 atom stereocenters. The van der Waals surface area contributed by atoms with Crippen molar-refractivity contribution in [2.24, 2.45) is 0 Å². The Balaban J connectivity index is 1.70. The van der Waals surface area contributed by atoms with E-state index in [2.05, 4.69) is 4.98 Å². The van der Waals surface area contributed by atoms with E-state index in [9.17, 15) is 9.18 Å². The normalized spacial score (nSPS) is 10.8. The first-order valence-electron chi connectivity index (χ1n) is 9.22. The fourth-order valence-corrected chi connectivity index (χ4v) is 3.11. The molecular formula is C24H19FN2O2. The van der Waals surface area contributed by atoms with Crippen LogP contribution in [-0.2, 0) is 11.4 Å². The lowest BCUT2D eigenvalue weighted by Crippen LogP contribution is -2.27. The van der Waals surface area contributed by atoms with E-state index >= 15 is 0 Å². The van der Waals surface area contributed by atoms with Crippen LogP contribution in [0.1, 0.15) is 15.9 Å². The van der Waals surface area contributed by atoms with Crippen LogP contribution >= 0.6 is 0 Å². The van der Waals surface area contributed by atoms with Gasteiger partial charge in [-0.2, -0.15) is 0 Å². The fraction of sp³-hybridized carbons (Fsp3) is 0.0833. The first kappa shape index (κ1) is 18.8. The van der Waals surface area contributed by atoms with Crippen molar-refractivity contribution in [3.05, 3.63) is 102 Å². The molecule has 0 aliphatic heterocycles. The number of fused-ring (bicyclic) bond motifs is 1. The van der Waals surface area contributed by atoms with Crippen LogP contribution in [0, 0.1) is 5.82 Å². The Hall–Kier alpha value is -3.57. The second-order valence-corrected chi connectivity index (χ2v) is 6.64. The molecule has 0 unspecified atom stereocenters. The number of hydroxylamine groups is 2. The first-order chi connectivity index (χ1) is 14.1. The fourth-order valence-electron chi connectivity index (χ4n) is 3.11. The van der Waals surface area contributed by atoms with Crippen LogP contribution in [0.25, 0.3) is 22.2 Å². The predicted molar refractivity (Wildman–Crippen MR) is 110 cm³/mol. The third kappa shape index (κ3) is 4.15. The number of halogens is 1. The molecule has 0 aliphatic carbocycles. The van der Waals surface area contributed by atoms with E-state index in [1.54, 1.807) is 19.2 Å².